The van der Waals surface area contributed by atoms with E-state index in [9.17, 15) is 13.2 Å². The molecule has 0 aromatic heterocycles. The van der Waals surface area contributed by atoms with Crippen molar-refractivity contribution in [3.63, 3.8) is 0 Å². The highest BCUT2D eigenvalue weighted by atomic mass is 79.9. The second-order valence-electron chi connectivity index (χ2n) is 4.66. The minimum Gasteiger partial charge on any atom is -0.468 e. The maximum atomic E-state index is 12.7. The summed E-state index contributed by atoms with van der Waals surface area (Å²) >= 11 is 3.23. The fourth-order valence-electron chi connectivity index (χ4n) is 2.30. The molecule has 1 aromatic rings. The zero-order valence-electron chi connectivity index (χ0n) is 11.6. The largest absolute Gasteiger partial charge is 0.468 e. The zero-order valence-corrected chi connectivity index (χ0v) is 14.0. The van der Waals surface area contributed by atoms with Gasteiger partial charge in [-0.25, -0.2) is 8.42 Å². The molecule has 0 bridgehead atoms. The molecule has 22 heavy (non-hydrogen) atoms. The summed E-state index contributed by atoms with van der Waals surface area (Å²) in [4.78, 5) is 14.6. The fourth-order valence-corrected chi connectivity index (χ4v) is 4.19. The molecule has 1 aliphatic rings. The van der Waals surface area contributed by atoms with Gasteiger partial charge in [0.05, 0.1) is 18.0 Å². The minimum absolute atomic E-state index is 0.0533. The van der Waals surface area contributed by atoms with E-state index in [1.165, 1.54) is 19.2 Å². The van der Waals surface area contributed by atoms with Gasteiger partial charge in [-0.1, -0.05) is 21.0 Å². The van der Waals surface area contributed by atoms with E-state index < -0.39 is 28.1 Å². The topological polar surface area (TPSA) is 112 Å². The molecule has 0 spiro atoms. The fraction of sp³-hybridized carbons (Fsp3) is 0.417. The molecule has 0 radical (unpaired) electrons. The smallest absolute Gasteiger partial charge is 0.324 e. The van der Waals surface area contributed by atoms with Crippen LogP contribution in [0.25, 0.3) is 10.4 Å². The Bertz CT molecular complexity index is 715. The summed E-state index contributed by atoms with van der Waals surface area (Å²) in [6.07, 6.45) is 0.104. The van der Waals surface area contributed by atoms with Crippen LogP contribution in [0, 0.1) is 0 Å². The number of azide groups is 1. The van der Waals surface area contributed by atoms with Crippen LogP contribution >= 0.6 is 15.9 Å². The van der Waals surface area contributed by atoms with Crippen LogP contribution in [0.1, 0.15) is 6.42 Å². The molecule has 8 nitrogen and oxygen atoms in total. The van der Waals surface area contributed by atoms with Gasteiger partial charge in [0.1, 0.15) is 6.04 Å². The summed E-state index contributed by atoms with van der Waals surface area (Å²) in [5.41, 5.74) is 8.51. The Hall–Kier alpha value is -1.61. The number of methoxy groups -OCH3 is 1. The number of sulfonamides is 1. The predicted octanol–water partition coefficient (Wildman–Crippen LogP) is 2.06. The second-order valence-corrected chi connectivity index (χ2v) is 7.47. The van der Waals surface area contributed by atoms with Crippen molar-refractivity contribution >= 4 is 31.9 Å². The highest BCUT2D eigenvalue weighted by Crippen LogP contribution is 2.29. The Morgan fingerprint density at radius 2 is 2.09 bits per heavy atom. The molecule has 0 saturated carbocycles. The Labute approximate surface area is 135 Å². The van der Waals surface area contributed by atoms with E-state index in [-0.39, 0.29) is 17.9 Å². The summed E-state index contributed by atoms with van der Waals surface area (Å²) in [7, 11) is -2.69. The number of nitrogens with zero attached hydrogens (tertiary/aromatic N) is 4. The number of carbonyl (C=O) groups excluding carboxylic acids is 1. The Morgan fingerprint density at radius 1 is 1.45 bits per heavy atom. The molecular weight excluding hydrogens is 376 g/mol. The summed E-state index contributed by atoms with van der Waals surface area (Å²) in [5, 5.41) is 3.52. The van der Waals surface area contributed by atoms with Gasteiger partial charge >= 0.3 is 5.97 Å². The van der Waals surface area contributed by atoms with Crippen LogP contribution in [-0.4, -0.2) is 44.4 Å². The monoisotopic (exact) mass is 388 g/mol. The molecule has 1 aliphatic heterocycles. The third kappa shape index (κ3) is 3.25. The first-order valence-corrected chi connectivity index (χ1v) is 8.53. The first kappa shape index (κ1) is 16.8. The SMILES string of the molecule is COC(=O)[C@@H]1C[C@H](N=[N+]=[N-])CN1S(=O)(=O)c1ccc(Br)cc1. The van der Waals surface area contributed by atoms with E-state index in [1.54, 1.807) is 12.1 Å². The molecule has 10 heteroatoms. The third-order valence-electron chi connectivity index (χ3n) is 3.34. The maximum Gasteiger partial charge on any atom is 0.324 e. The first-order chi connectivity index (χ1) is 10.4. The van der Waals surface area contributed by atoms with E-state index in [4.69, 9.17) is 5.53 Å². The van der Waals surface area contributed by atoms with Crippen molar-refractivity contribution in [3.8, 4) is 0 Å². The highest BCUT2D eigenvalue weighted by Gasteiger charge is 2.44. The normalized spacial score (nSPS) is 22.1. The minimum atomic E-state index is -3.88. The average molecular weight is 389 g/mol. The van der Waals surface area contributed by atoms with Crippen molar-refractivity contribution in [1.29, 1.82) is 0 Å². The van der Waals surface area contributed by atoms with E-state index >= 15 is 0 Å². The summed E-state index contributed by atoms with van der Waals surface area (Å²) < 4.78 is 31.8. The molecule has 1 saturated heterocycles. The lowest BCUT2D eigenvalue weighted by molar-refractivity contribution is -0.144. The Kier molecular flexibility index (Phi) is 5.07. The van der Waals surface area contributed by atoms with Crippen LogP contribution in [0.4, 0.5) is 0 Å². The lowest BCUT2D eigenvalue weighted by atomic mass is 10.2. The van der Waals surface area contributed by atoms with E-state index in [2.05, 4.69) is 30.7 Å². The molecule has 2 rings (SSSR count). The van der Waals surface area contributed by atoms with Gasteiger partial charge in [0.2, 0.25) is 10.0 Å². The summed E-state index contributed by atoms with van der Waals surface area (Å²) in [6, 6.07) is 4.49. The molecule has 0 unspecified atom stereocenters. The maximum absolute atomic E-state index is 12.7. The second kappa shape index (κ2) is 6.66. The molecule has 2 atom stereocenters. The number of hydrogen-bond acceptors (Lipinski definition) is 5. The number of halogens is 1. The highest BCUT2D eigenvalue weighted by molar-refractivity contribution is 9.10. The van der Waals surface area contributed by atoms with Crippen molar-refractivity contribution in [1.82, 2.24) is 4.31 Å². The van der Waals surface area contributed by atoms with Crippen LogP contribution in [0.3, 0.4) is 0 Å². The molecule has 1 fully saturated rings. The van der Waals surface area contributed by atoms with Crippen molar-refractivity contribution in [2.24, 2.45) is 5.11 Å². The van der Waals surface area contributed by atoms with Crippen LogP contribution in [0.5, 0.6) is 0 Å². The molecule has 0 N–H and O–H groups in total. The van der Waals surface area contributed by atoms with Crippen molar-refractivity contribution < 1.29 is 17.9 Å². The molecular formula is C12H13BrN4O4S. The quantitative estimate of drug-likeness (QED) is 0.340. The van der Waals surface area contributed by atoms with Crippen molar-refractivity contribution in [2.75, 3.05) is 13.7 Å². The zero-order chi connectivity index (χ0) is 16.3. The van der Waals surface area contributed by atoms with Crippen LogP contribution in [0.15, 0.2) is 38.7 Å². The number of esters is 1. The van der Waals surface area contributed by atoms with Gasteiger partial charge in [-0.2, -0.15) is 4.31 Å². The van der Waals surface area contributed by atoms with Crippen molar-refractivity contribution in [3.05, 3.63) is 39.2 Å². The average Bonchev–Trinajstić information content (AvgIpc) is 2.92. The van der Waals surface area contributed by atoms with Gasteiger partial charge in [0, 0.05) is 15.9 Å². The van der Waals surface area contributed by atoms with Crippen molar-refractivity contribution in [2.45, 2.75) is 23.4 Å². The van der Waals surface area contributed by atoms with E-state index in [0.717, 1.165) is 8.78 Å². The molecule has 0 amide bonds. The van der Waals surface area contributed by atoms with Crippen LogP contribution in [0.2, 0.25) is 0 Å². The molecule has 0 aliphatic carbocycles. The van der Waals surface area contributed by atoms with Crippen LogP contribution in [-0.2, 0) is 19.6 Å². The predicted molar refractivity (Wildman–Crippen MR) is 81.4 cm³/mol. The van der Waals surface area contributed by atoms with E-state index in [1.807, 2.05) is 0 Å². The van der Waals surface area contributed by atoms with Gasteiger partial charge in [0.15, 0.2) is 0 Å². The lowest BCUT2D eigenvalue weighted by Gasteiger charge is -2.22. The Morgan fingerprint density at radius 3 is 2.64 bits per heavy atom. The number of benzene rings is 1. The van der Waals surface area contributed by atoms with E-state index in [0.29, 0.717) is 0 Å². The molecule has 1 aromatic carbocycles. The van der Waals surface area contributed by atoms with Crippen LogP contribution < -0.4 is 0 Å². The van der Waals surface area contributed by atoms with Gasteiger partial charge in [-0.3, -0.25) is 4.79 Å². The first-order valence-electron chi connectivity index (χ1n) is 6.29. The third-order valence-corrected chi connectivity index (χ3v) is 5.76. The summed E-state index contributed by atoms with van der Waals surface area (Å²) in [6.45, 7) is -0.0533. The van der Waals surface area contributed by atoms with Gasteiger partial charge in [-0.05, 0) is 36.2 Å². The molecule has 118 valence electrons. The molecule has 1 heterocycles. The van der Waals surface area contributed by atoms with Gasteiger partial charge in [0.25, 0.3) is 0 Å². The van der Waals surface area contributed by atoms with Gasteiger partial charge in [-0.15, -0.1) is 0 Å². The number of rotatable bonds is 4. The van der Waals surface area contributed by atoms with Gasteiger partial charge < -0.3 is 4.74 Å². The number of ether oxygens (including phenoxy) is 1. The summed E-state index contributed by atoms with van der Waals surface area (Å²) in [5.74, 6) is -0.670. The standard InChI is InChI=1S/C12H13BrN4O4S/c1-21-12(18)11-6-9(15-16-14)7-17(11)22(19,20)10-4-2-8(13)3-5-10/h2-5,9,11H,6-7H2,1H3/t9-,11-/m0/s1. The lowest BCUT2D eigenvalue weighted by Crippen LogP contribution is -2.41. The Balaban J connectivity index is 2.39. The number of hydrogen-bond donors (Lipinski definition) is 0. The number of carbonyl (C=O) groups is 1.